The van der Waals surface area contributed by atoms with Crippen molar-refractivity contribution in [1.82, 2.24) is 4.98 Å². The van der Waals surface area contributed by atoms with Gasteiger partial charge in [0, 0.05) is 6.61 Å². The van der Waals surface area contributed by atoms with Crippen LogP contribution in [-0.2, 0) is 4.79 Å². The second-order valence-corrected chi connectivity index (χ2v) is 3.48. The smallest absolute Gasteiger partial charge is 0.311 e. The molecule has 16 heavy (non-hydrogen) atoms. The third kappa shape index (κ3) is 1.90. The zero-order valence-corrected chi connectivity index (χ0v) is 8.46. The van der Waals surface area contributed by atoms with Gasteiger partial charge in [0.1, 0.15) is 5.52 Å². The zero-order chi connectivity index (χ0) is 11.5. The Labute approximate surface area is 91.3 Å². The quantitative estimate of drug-likeness (QED) is 0.814. The number of carbonyl (C=O) groups is 1. The summed E-state index contributed by atoms with van der Waals surface area (Å²) in [5, 5.41) is 17.8. The molecular formula is C11H11NO4. The fourth-order valence-electron chi connectivity index (χ4n) is 1.65. The summed E-state index contributed by atoms with van der Waals surface area (Å²) in [4.78, 5) is 15.0. The lowest BCUT2D eigenvalue weighted by Gasteiger charge is -2.10. The number of carboxylic acid groups (broad SMARTS) is 1. The molecule has 84 valence electrons. The summed E-state index contributed by atoms with van der Waals surface area (Å²) in [6, 6.07) is 5.05. The fraction of sp³-hybridized carbons (Fsp3) is 0.273. The number of aliphatic hydroxyl groups excluding tert-OH is 1. The van der Waals surface area contributed by atoms with Gasteiger partial charge < -0.3 is 14.6 Å². The second-order valence-electron chi connectivity index (χ2n) is 3.48. The molecule has 0 spiro atoms. The Kier molecular flexibility index (Phi) is 2.87. The molecule has 0 aliphatic carbocycles. The molecule has 0 aliphatic rings. The van der Waals surface area contributed by atoms with Crippen molar-refractivity contribution in [2.24, 2.45) is 0 Å². The summed E-state index contributed by atoms with van der Waals surface area (Å²) in [6.45, 7) is -0.161. The van der Waals surface area contributed by atoms with Gasteiger partial charge in [0.15, 0.2) is 12.0 Å². The number of fused-ring (bicyclic) bond motifs is 1. The van der Waals surface area contributed by atoms with Crippen LogP contribution < -0.4 is 0 Å². The molecule has 1 unspecified atom stereocenters. The summed E-state index contributed by atoms with van der Waals surface area (Å²) >= 11 is 0. The van der Waals surface area contributed by atoms with Crippen LogP contribution in [0.1, 0.15) is 17.9 Å². The summed E-state index contributed by atoms with van der Waals surface area (Å²) < 4.78 is 5.10. The third-order valence-corrected chi connectivity index (χ3v) is 2.47. The maximum absolute atomic E-state index is 11.0. The molecule has 2 rings (SSSR count). The van der Waals surface area contributed by atoms with Crippen molar-refractivity contribution in [2.75, 3.05) is 6.61 Å². The highest BCUT2D eigenvalue weighted by Gasteiger charge is 2.19. The van der Waals surface area contributed by atoms with Gasteiger partial charge in [0.2, 0.25) is 0 Å². The van der Waals surface area contributed by atoms with Crippen molar-refractivity contribution in [3.05, 3.63) is 30.2 Å². The highest BCUT2D eigenvalue weighted by molar-refractivity contribution is 5.79. The van der Waals surface area contributed by atoms with Crippen LogP contribution in [-0.4, -0.2) is 27.8 Å². The van der Waals surface area contributed by atoms with Crippen LogP contribution in [0, 0.1) is 0 Å². The molecule has 0 amide bonds. The predicted molar refractivity (Wildman–Crippen MR) is 56.1 cm³/mol. The lowest BCUT2D eigenvalue weighted by Crippen LogP contribution is -2.13. The maximum atomic E-state index is 11.0. The first-order valence-electron chi connectivity index (χ1n) is 4.89. The highest BCUT2D eigenvalue weighted by atomic mass is 16.4. The van der Waals surface area contributed by atoms with Gasteiger partial charge in [-0.25, -0.2) is 4.98 Å². The van der Waals surface area contributed by atoms with E-state index >= 15 is 0 Å². The predicted octanol–water partition coefficient (Wildman–Crippen LogP) is 1.38. The number of hydrogen-bond acceptors (Lipinski definition) is 4. The molecule has 1 aromatic heterocycles. The first-order chi connectivity index (χ1) is 7.72. The first-order valence-corrected chi connectivity index (χ1v) is 4.89. The minimum Gasteiger partial charge on any atom is -0.481 e. The largest absolute Gasteiger partial charge is 0.481 e. The standard InChI is InChI=1S/C11H11NO4/c13-4-3-8(11(14)15)7-1-2-9-10(5-7)16-6-12-9/h1-2,5-6,8,13H,3-4H2,(H,14,15). The van der Waals surface area contributed by atoms with Crippen molar-refractivity contribution in [3.63, 3.8) is 0 Å². The Morgan fingerprint density at radius 2 is 2.31 bits per heavy atom. The average molecular weight is 221 g/mol. The van der Waals surface area contributed by atoms with E-state index in [-0.39, 0.29) is 13.0 Å². The van der Waals surface area contributed by atoms with Gasteiger partial charge in [-0.15, -0.1) is 0 Å². The number of hydrogen-bond donors (Lipinski definition) is 2. The van der Waals surface area contributed by atoms with E-state index in [9.17, 15) is 4.79 Å². The van der Waals surface area contributed by atoms with Crippen molar-refractivity contribution in [2.45, 2.75) is 12.3 Å². The maximum Gasteiger partial charge on any atom is 0.311 e. The molecule has 0 saturated carbocycles. The van der Waals surface area contributed by atoms with Crippen LogP contribution in [0.3, 0.4) is 0 Å². The van der Waals surface area contributed by atoms with Gasteiger partial charge in [-0.1, -0.05) is 6.07 Å². The van der Waals surface area contributed by atoms with E-state index in [1.165, 1.54) is 6.39 Å². The van der Waals surface area contributed by atoms with E-state index in [1.807, 2.05) is 0 Å². The normalized spacial score (nSPS) is 12.8. The molecule has 0 radical (unpaired) electrons. The number of oxazole rings is 1. The van der Waals surface area contributed by atoms with Gasteiger partial charge in [-0.3, -0.25) is 4.79 Å². The lowest BCUT2D eigenvalue weighted by molar-refractivity contribution is -0.139. The Morgan fingerprint density at radius 3 is 3.00 bits per heavy atom. The van der Waals surface area contributed by atoms with Crippen LogP contribution in [0.15, 0.2) is 29.0 Å². The molecule has 2 aromatic rings. The van der Waals surface area contributed by atoms with E-state index < -0.39 is 11.9 Å². The summed E-state index contributed by atoms with van der Waals surface area (Å²) in [5.74, 6) is -1.66. The highest BCUT2D eigenvalue weighted by Crippen LogP contribution is 2.23. The van der Waals surface area contributed by atoms with E-state index in [4.69, 9.17) is 14.6 Å². The van der Waals surface area contributed by atoms with Gasteiger partial charge in [-0.2, -0.15) is 0 Å². The first kappa shape index (κ1) is 10.6. The van der Waals surface area contributed by atoms with Crippen molar-refractivity contribution < 1.29 is 19.4 Å². The number of benzene rings is 1. The monoisotopic (exact) mass is 221 g/mol. The fourth-order valence-corrected chi connectivity index (χ4v) is 1.65. The molecule has 5 heteroatoms. The van der Waals surface area contributed by atoms with E-state index in [1.54, 1.807) is 18.2 Å². The molecule has 0 saturated heterocycles. The molecule has 0 bridgehead atoms. The molecule has 5 nitrogen and oxygen atoms in total. The Bertz CT molecular complexity index is 505. The van der Waals surface area contributed by atoms with Gasteiger partial charge in [0.25, 0.3) is 0 Å². The number of carboxylic acids is 1. The van der Waals surface area contributed by atoms with Crippen LogP contribution in [0.5, 0.6) is 0 Å². The number of aliphatic hydroxyl groups is 1. The Morgan fingerprint density at radius 1 is 1.50 bits per heavy atom. The molecule has 1 heterocycles. The minimum atomic E-state index is -0.951. The van der Waals surface area contributed by atoms with Crippen molar-refractivity contribution in [3.8, 4) is 0 Å². The number of rotatable bonds is 4. The van der Waals surface area contributed by atoms with E-state index in [0.717, 1.165) is 0 Å². The topological polar surface area (TPSA) is 83.6 Å². The molecule has 1 atom stereocenters. The molecule has 2 N–H and O–H groups in total. The van der Waals surface area contributed by atoms with Crippen LogP contribution in [0.25, 0.3) is 11.1 Å². The Balaban J connectivity index is 2.39. The molecular weight excluding hydrogens is 210 g/mol. The van der Waals surface area contributed by atoms with E-state index in [0.29, 0.717) is 16.7 Å². The van der Waals surface area contributed by atoms with Crippen molar-refractivity contribution in [1.29, 1.82) is 0 Å². The third-order valence-electron chi connectivity index (χ3n) is 2.47. The number of nitrogens with zero attached hydrogens (tertiary/aromatic N) is 1. The van der Waals surface area contributed by atoms with E-state index in [2.05, 4.69) is 4.98 Å². The summed E-state index contributed by atoms with van der Waals surface area (Å²) in [6.07, 6.45) is 1.51. The van der Waals surface area contributed by atoms with Crippen LogP contribution in [0.2, 0.25) is 0 Å². The summed E-state index contributed by atoms with van der Waals surface area (Å²) in [7, 11) is 0. The molecule has 0 aliphatic heterocycles. The lowest BCUT2D eigenvalue weighted by atomic mass is 9.96. The SMILES string of the molecule is O=C(O)C(CCO)c1ccc2ncoc2c1. The van der Waals surface area contributed by atoms with Gasteiger partial charge >= 0.3 is 5.97 Å². The molecule has 1 aromatic carbocycles. The minimum absolute atomic E-state index is 0.161. The molecule has 0 fully saturated rings. The van der Waals surface area contributed by atoms with Crippen LogP contribution >= 0.6 is 0 Å². The zero-order valence-electron chi connectivity index (χ0n) is 8.46. The van der Waals surface area contributed by atoms with Gasteiger partial charge in [0.05, 0.1) is 5.92 Å². The Hall–Kier alpha value is -1.88. The number of aromatic nitrogens is 1. The van der Waals surface area contributed by atoms with Crippen molar-refractivity contribution >= 4 is 17.1 Å². The average Bonchev–Trinajstić information content (AvgIpc) is 2.72. The van der Waals surface area contributed by atoms with Crippen LogP contribution in [0.4, 0.5) is 0 Å². The van der Waals surface area contributed by atoms with Gasteiger partial charge in [-0.05, 0) is 24.1 Å². The summed E-state index contributed by atoms with van der Waals surface area (Å²) in [5.41, 5.74) is 1.87. The second kappa shape index (κ2) is 4.32. The number of aliphatic carboxylic acids is 1.